The number of aromatic nitrogens is 2. The molecule has 6 heteroatoms. The molecule has 2 N–H and O–H groups in total. The molecule has 0 radical (unpaired) electrons. The third-order valence-corrected chi connectivity index (χ3v) is 3.87. The molecule has 0 unspecified atom stereocenters. The number of H-pyrrole nitrogens is 1. The van der Waals surface area contributed by atoms with Crippen LogP contribution < -0.4 is 0 Å². The summed E-state index contributed by atoms with van der Waals surface area (Å²) in [5.41, 5.74) is -0.853. The minimum Gasteiger partial charge on any atom is -0.481 e. The van der Waals surface area contributed by atoms with Crippen molar-refractivity contribution in [1.82, 2.24) is 14.9 Å². The number of imidazole rings is 1. The number of hydrogen-bond donors (Lipinski definition) is 2. The van der Waals surface area contributed by atoms with E-state index >= 15 is 0 Å². The van der Waals surface area contributed by atoms with Gasteiger partial charge in [-0.05, 0) is 12.8 Å². The molecule has 19 heavy (non-hydrogen) atoms. The molecule has 1 saturated carbocycles. The zero-order valence-corrected chi connectivity index (χ0v) is 11.1. The van der Waals surface area contributed by atoms with Crippen LogP contribution >= 0.6 is 0 Å². The van der Waals surface area contributed by atoms with Gasteiger partial charge in [0.25, 0.3) is 0 Å². The number of aromatic amines is 1. The van der Waals surface area contributed by atoms with Gasteiger partial charge >= 0.3 is 5.97 Å². The standard InChI is InChI=1S/C13H19N3O3/c1-16(9-10-14-6-7-15-10)11(17)8-13(12(18)19)4-2-3-5-13/h6-7H,2-5,8-9H2,1H3,(H,14,15)(H,18,19). The van der Waals surface area contributed by atoms with E-state index in [1.165, 1.54) is 4.90 Å². The Morgan fingerprint density at radius 1 is 1.47 bits per heavy atom. The van der Waals surface area contributed by atoms with Gasteiger partial charge < -0.3 is 15.0 Å². The van der Waals surface area contributed by atoms with Gasteiger partial charge in [-0.15, -0.1) is 0 Å². The van der Waals surface area contributed by atoms with Crippen molar-refractivity contribution < 1.29 is 14.7 Å². The lowest BCUT2D eigenvalue weighted by atomic mass is 9.82. The van der Waals surface area contributed by atoms with Crippen LogP contribution in [-0.4, -0.2) is 38.9 Å². The highest BCUT2D eigenvalue weighted by atomic mass is 16.4. The molecule has 0 atom stereocenters. The fraction of sp³-hybridized carbons (Fsp3) is 0.615. The van der Waals surface area contributed by atoms with Crippen molar-refractivity contribution in [2.45, 2.75) is 38.6 Å². The van der Waals surface area contributed by atoms with Crippen LogP contribution in [0.2, 0.25) is 0 Å². The van der Waals surface area contributed by atoms with Crippen molar-refractivity contribution >= 4 is 11.9 Å². The highest BCUT2D eigenvalue weighted by Crippen LogP contribution is 2.41. The molecule has 0 saturated heterocycles. The zero-order chi connectivity index (χ0) is 13.9. The molecule has 1 aliphatic rings. The number of rotatable bonds is 5. The second-order valence-corrected chi connectivity index (χ2v) is 5.26. The monoisotopic (exact) mass is 265 g/mol. The molecule has 1 aromatic heterocycles. The zero-order valence-electron chi connectivity index (χ0n) is 11.1. The third-order valence-electron chi connectivity index (χ3n) is 3.87. The first kappa shape index (κ1) is 13.6. The van der Waals surface area contributed by atoms with E-state index in [9.17, 15) is 14.7 Å². The molecule has 2 rings (SSSR count). The van der Waals surface area contributed by atoms with Gasteiger partial charge in [-0.3, -0.25) is 9.59 Å². The molecule has 1 heterocycles. The highest BCUT2D eigenvalue weighted by Gasteiger charge is 2.43. The number of carboxylic acids is 1. The van der Waals surface area contributed by atoms with Gasteiger partial charge in [0.05, 0.1) is 12.0 Å². The fourth-order valence-corrected chi connectivity index (χ4v) is 2.64. The van der Waals surface area contributed by atoms with Crippen LogP contribution in [0.1, 0.15) is 37.9 Å². The lowest BCUT2D eigenvalue weighted by Gasteiger charge is -2.26. The van der Waals surface area contributed by atoms with Crippen LogP contribution in [0.5, 0.6) is 0 Å². The van der Waals surface area contributed by atoms with Gasteiger partial charge in [-0.25, -0.2) is 4.98 Å². The molecular weight excluding hydrogens is 246 g/mol. The van der Waals surface area contributed by atoms with Crippen LogP contribution in [0.25, 0.3) is 0 Å². The second kappa shape index (κ2) is 5.42. The number of carboxylic acid groups (broad SMARTS) is 1. The van der Waals surface area contributed by atoms with Gasteiger partial charge in [0.15, 0.2) is 0 Å². The lowest BCUT2D eigenvalue weighted by molar-refractivity contribution is -0.153. The van der Waals surface area contributed by atoms with Gasteiger partial charge in [-0.2, -0.15) is 0 Å². The normalized spacial score (nSPS) is 17.3. The number of carbonyl (C=O) groups is 2. The first-order chi connectivity index (χ1) is 9.03. The van der Waals surface area contributed by atoms with E-state index in [0.29, 0.717) is 25.2 Å². The predicted octanol–water partition coefficient (Wildman–Crippen LogP) is 1.40. The number of amides is 1. The Morgan fingerprint density at radius 2 is 2.16 bits per heavy atom. The summed E-state index contributed by atoms with van der Waals surface area (Å²) in [6, 6.07) is 0. The summed E-state index contributed by atoms with van der Waals surface area (Å²) in [7, 11) is 1.68. The molecule has 104 valence electrons. The molecule has 1 amide bonds. The van der Waals surface area contributed by atoms with Crippen LogP contribution in [0.4, 0.5) is 0 Å². The number of nitrogens with one attached hydrogen (secondary N) is 1. The summed E-state index contributed by atoms with van der Waals surface area (Å²) in [5.74, 6) is -0.280. The van der Waals surface area contributed by atoms with Gasteiger partial charge in [0.1, 0.15) is 5.82 Å². The van der Waals surface area contributed by atoms with Crippen LogP contribution in [0, 0.1) is 5.41 Å². The van der Waals surface area contributed by atoms with E-state index < -0.39 is 11.4 Å². The summed E-state index contributed by atoms with van der Waals surface area (Å²) in [4.78, 5) is 32.1. The Hall–Kier alpha value is -1.85. The Bertz CT molecular complexity index is 450. The first-order valence-corrected chi connectivity index (χ1v) is 6.49. The van der Waals surface area contributed by atoms with Crippen LogP contribution in [0.15, 0.2) is 12.4 Å². The Labute approximate surface area is 111 Å². The van der Waals surface area contributed by atoms with Crippen molar-refractivity contribution in [3.8, 4) is 0 Å². The van der Waals surface area contributed by atoms with Gasteiger partial charge in [0.2, 0.25) is 5.91 Å². The van der Waals surface area contributed by atoms with Crippen molar-refractivity contribution in [2.75, 3.05) is 7.05 Å². The predicted molar refractivity (Wildman–Crippen MR) is 68.2 cm³/mol. The van der Waals surface area contributed by atoms with Crippen LogP contribution in [0.3, 0.4) is 0 Å². The summed E-state index contributed by atoms with van der Waals surface area (Å²) >= 11 is 0. The molecule has 1 aliphatic carbocycles. The number of carbonyl (C=O) groups excluding carboxylic acids is 1. The molecule has 1 aromatic rings. The minimum atomic E-state index is -0.853. The summed E-state index contributed by atoms with van der Waals surface area (Å²) in [5, 5.41) is 9.36. The van der Waals surface area contributed by atoms with E-state index in [1.807, 2.05) is 0 Å². The Balaban J connectivity index is 1.97. The fourth-order valence-electron chi connectivity index (χ4n) is 2.64. The third kappa shape index (κ3) is 2.94. The molecule has 0 bridgehead atoms. The topological polar surface area (TPSA) is 86.3 Å². The Morgan fingerprint density at radius 3 is 2.68 bits per heavy atom. The van der Waals surface area contributed by atoms with E-state index in [2.05, 4.69) is 9.97 Å². The van der Waals surface area contributed by atoms with Crippen molar-refractivity contribution in [3.63, 3.8) is 0 Å². The van der Waals surface area contributed by atoms with E-state index in [-0.39, 0.29) is 12.3 Å². The van der Waals surface area contributed by atoms with E-state index in [1.54, 1.807) is 19.4 Å². The van der Waals surface area contributed by atoms with Crippen molar-refractivity contribution in [1.29, 1.82) is 0 Å². The average Bonchev–Trinajstić information content (AvgIpc) is 3.00. The van der Waals surface area contributed by atoms with E-state index in [4.69, 9.17) is 0 Å². The SMILES string of the molecule is CN(Cc1ncc[nH]1)C(=O)CC1(C(=O)O)CCCC1. The highest BCUT2D eigenvalue weighted by molar-refractivity contribution is 5.85. The van der Waals surface area contributed by atoms with E-state index in [0.717, 1.165) is 12.8 Å². The maximum Gasteiger partial charge on any atom is 0.310 e. The van der Waals surface area contributed by atoms with Crippen LogP contribution in [-0.2, 0) is 16.1 Å². The largest absolute Gasteiger partial charge is 0.481 e. The molecular formula is C13H19N3O3. The number of aliphatic carboxylic acids is 1. The van der Waals surface area contributed by atoms with Gasteiger partial charge in [-0.1, -0.05) is 12.8 Å². The molecule has 0 aromatic carbocycles. The molecule has 0 spiro atoms. The smallest absolute Gasteiger partial charge is 0.310 e. The maximum atomic E-state index is 12.2. The van der Waals surface area contributed by atoms with Gasteiger partial charge in [0, 0.05) is 25.9 Å². The van der Waals surface area contributed by atoms with Crippen molar-refractivity contribution in [2.24, 2.45) is 5.41 Å². The summed E-state index contributed by atoms with van der Waals surface area (Å²) in [6.07, 6.45) is 6.39. The summed E-state index contributed by atoms with van der Waals surface area (Å²) in [6.45, 7) is 0.377. The minimum absolute atomic E-state index is 0.0829. The van der Waals surface area contributed by atoms with Crippen molar-refractivity contribution in [3.05, 3.63) is 18.2 Å². The number of hydrogen-bond acceptors (Lipinski definition) is 3. The second-order valence-electron chi connectivity index (χ2n) is 5.26. The maximum absolute atomic E-state index is 12.2. The molecule has 6 nitrogen and oxygen atoms in total. The Kier molecular flexibility index (Phi) is 3.87. The first-order valence-electron chi connectivity index (χ1n) is 6.49. The lowest BCUT2D eigenvalue weighted by Crippen LogP contribution is -2.36. The summed E-state index contributed by atoms with van der Waals surface area (Å²) < 4.78 is 0. The number of nitrogens with zero attached hydrogens (tertiary/aromatic N) is 2. The average molecular weight is 265 g/mol. The molecule has 0 aliphatic heterocycles. The quantitative estimate of drug-likeness (QED) is 0.842. The molecule has 1 fully saturated rings.